The smallest absolute Gasteiger partial charge is 0.271 e. The quantitative estimate of drug-likeness (QED) is 0.878. The molecule has 1 aromatic heterocycles. The number of aromatic nitrogens is 2. The van der Waals surface area contributed by atoms with Crippen molar-refractivity contribution in [3.05, 3.63) is 57.8 Å². The molecule has 1 fully saturated rings. The minimum Gasteiger partial charge on any atom is -0.336 e. The first-order valence-electron chi connectivity index (χ1n) is 8.99. The van der Waals surface area contributed by atoms with Gasteiger partial charge in [0.15, 0.2) is 0 Å². The minimum absolute atomic E-state index is 0.155. The van der Waals surface area contributed by atoms with Crippen LogP contribution in [0.4, 0.5) is 4.39 Å². The van der Waals surface area contributed by atoms with Crippen molar-refractivity contribution in [1.29, 1.82) is 0 Å². The second-order valence-corrected chi connectivity index (χ2v) is 7.19. The Morgan fingerprint density at radius 2 is 1.96 bits per heavy atom. The van der Waals surface area contributed by atoms with Crippen LogP contribution in [0.1, 0.15) is 36.3 Å². The summed E-state index contributed by atoms with van der Waals surface area (Å²) >= 11 is 0. The topological polar surface area (TPSA) is 72.2 Å². The Labute approximate surface area is 152 Å². The van der Waals surface area contributed by atoms with Crippen LogP contribution in [0.25, 0.3) is 0 Å². The van der Waals surface area contributed by atoms with Crippen LogP contribution in [0, 0.1) is 11.7 Å². The van der Waals surface area contributed by atoms with Crippen LogP contribution in [0.2, 0.25) is 0 Å². The van der Waals surface area contributed by atoms with Crippen LogP contribution in [-0.2, 0) is 6.54 Å². The van der Waals surface area contributed by atoms with Crippen LogP contribution in [-0.4, -0.2) is 51.6 Å². The number of hydrogen-bond acceptors (Lipinski definition) is 3. The van der Waals surface area contributed by atoms with E-state index in [-0.39, 0.29) is 23.3 Å². The number of hydrogen-bond donors (Lipinski definition) is 2. The van der Waals surface area contributed by atoms with Gasteiger partial charge in [-0.25, -0.2) is 4.39 Å². The molecule has 7 heteroatoms. The molecule has 1 saturated heterocycles. The number of benzene rings is 1. The third kappa shape index (κ3) is 4.22. The van der Waals surface area contributed by atoms with E-state index in [1.54, 1.807) is 0 Å². The number of nitrogens with one attached hydrogen (secondary N) is 2. The number of amides is 1. The molecule has 3 rings (SSSR count). The lowest BCUT2D eigenvalue weighted by atomic mass is 10.0. The van der Waals surface area contributed by atoms with Crippen molar-refractivity contribution in [3.63, 3.8) is 0 Å². The molecule has 0 aliphatic carbocycles. The molecule has 0 bridgehead atoms. The highest BCUT2D eigenvalue weighted by Crippen LogP contribution is 2.21. The van der Waals surface area contributed by atoms with E-state index in [1.165, 1.54) is 18.2 Å². The van der Waals surface area contributed by atoms with Gasteiger partial charge >= 0.3 is 0 Å². The van der Waals surface area contributed by atoms with Gasteiger partial charge in [-0.3, -0.25) is 24.7 Å². The molecule has 1 unspecified atom stereocenters. The lowest BCUT2D eigenvalue weighted by Gasteiger charge is -2.34. The molecule has 0 radical (unpaired) electrons. The molecular weight excluding hydrogens is 335 g/mol. The van der Waals surface area contributed by atoms with Gasteiger partial charge in [-0.2, -0.15) is 0 Å². The summed E-state index contributed by atoms with van der Waals surface area (Å²) in [7, 11) is 0. The Balaban J connectivity index is 1.75. The fourth-order valence-electron chi connectivity index (χ4n) is 3.52. The largest absolute Gasteiger partial charge is 0.336 e. The summed E-state index contributed by atoms with van der Waals surface area (Å²) in [6.07, 6.45) is 0.852. The third-order valence-corrected chi connectivity index (χ3v) is 4.93. The van der Waals surface area contributed by atoms with E-state index in [2.05, 4.69) is 28.9 Å². The summed E-state index contributed by atoms with van der Waals surface area (Å²) < 4.78 is 13.2. The Hall–Kier alpha value is -2.41. The Kier molecular flexibility index (Phi) is 5.56. The number of carbonyl (C=O) groups excluding carboxylic acids is 1. The molecule has 2 heterocycles. The van der Waals surface area contributed by atoms with Crippen molar-refractivity contribution in [1.82, 2.24) is 20.0 Å². The van der Waals surface area contributed by atoms with Gasteiger partial charge in [0, 0.05) is 38.3 Å². The average Bonchev–Trinajstić information content (AvgIpc) is 2.93. The lowest BCUT2D eigenvalue weighted by Crippen LogP contribution is -2.45. The second kappa shape index (κ2) is 7.86. The van der Waals surface area contributed by atoms with E-state index in [0.29, 0.717) is 24.7 Å². The zero-order valence-corrected chi connectivity index (χ0v) is 15.2. The molecule has 2 N–H and O–H groups in total. The van der Waals surface area contributed by atoms with E-state index in [4.69, 9.17) is 0 Å². The monoisotopic (exact) mass is 360 g/mol. The molecule has 6 nitrogen and oxygen atoms in total. The minimum atomic E-state index is -0.304. The first-order valence-corrected chi connectivity index (χ1v) is 8.99. The molecule has 1 amide bonds. The van der Waals surface area contributed by atoms with Crippen molar-refractivity contribution < 1.29 is 9.18 Å². The molecule has 1 aromatic carbocycles. The van der Waals surface area contributed by atoms with Gasteiger partial charge in [-0.1, -0.05) is 26.0 Å². The predicted molar refractivity (Wildman–Crippen MR) is 97.4 cm³/mol. The number of H-pyrrole nitrogens is 2. The highest BCUT2D eigenvalue weighted by atomic mass is 19.1. The molecule has 0 spiro atoms. The van der Waals surface area contributed by atoms with Crippen molar-refractivity contribution in [2.24, 2.45) is 5.92 Å². The zero-order chi connectivity index (χ0) is 18.7. The normalized spacial score (nSPS) is 18.9. The standard InChI is InChI=1S/C19H25FN4O2/c1-13(2)17-12-24(19(26)16-10-18(25)22-21-16)9-3-8-23(17)11-14-4-6-15(20)7-5-14/h4-7,10,13,17H,3,8-9,11-12H2,1-2H3,(H2,21,22,25). The number of nitrogens with zero attached hydrogens (tertiary/aromatic N) is 2. The molecular formula is C19H25FN4O2. The van der Waals surface area contributed by atoms with Gasteiger partial charge in [-0.15, -0.1) is 0 Å². The molecule has 2 aromatic rings. The summed E-state index contributed by atoms with van der Waals surface area (Å²) in [5.41, 5.74) is 1.05. The molecule has 0 saturated carbocycles. The van der Waals surface area contributed by atoms with Gasteiger partial charge in [-0.05, 0) is 30.0 Å². The van der Waals surface area contributed by atoms with Gasteiger partial charge in [0.2, 0.25) is 0 Å². The first kappa shape index (κ1) is 18.4. The van der Waals surface area contributed by atoms with Crippen molar-refractivity contribution in [3.8, 4) is 0 Å². The third-order valence-electron chi connectivity index (χ3n) is 4.93. The fraction of sp³-hybridized carbons (Fsp3) is 0.474. The Morgan fingerprint density at radius 1 is 1.23 bits per heavy atom. The Morgan fingerprint density at radius 3 is 2.58 bits per heavy atom. The summed E-state index contributed by atoms with van der Waals surface area (Å²) in [4.78, 5) is 28.2. The number of aromatic amines is 2. The SMILES string of the molecule is CC(C)C1CN(C(=O)c2cc(=O)[nH][nH]2)CCCN1Cc1ccc(F)cc1. The maximum absolute atomic E-state index is 13.2. The molecule has 140 valence electrons. The van der Waals surface area contributed by atoms with Crippen LogP contribution in [0.15, 0.2) is 35.1 Å². The van der Waals surface area contributed by atoms with Gasteiger partial charge in [0.05, 0.1) is 0 Å². The van der Waals surface area contributed by atoms with Gasteiger partial charge in [0.1, 0.15) is 11.5 Å². The highest BCUT2D eigenvalue weighted by Gasteiger charge is 2.30. The van der Waals surface area contributed by atoms with E-state index < -0.39 is 0 Å². The number of carbonyl (C=O) groups is 1. The molecule has 1 aliphatic heterocycles. The van der Waals surface area contributed by atoms with Crippen molar-refractivity contribution >= 4 is 5.91 Å². The van der Waals surface area contributed by atoms with Crippen molar-refractivity contribution in [2.75, 3.05) is 19.6 Å². The maximum atomic E-state index is 13.2. The fourth-order valence-corrected chi connectivity index (χ4v) is 3.52. The average molecular weight is 360 g/mol. The van der Waals surface area contributed by atoms with Crippen LogP contribution in [0.3, 0.4) is 0 Å². The Bertz CT molecular complexity index is 796. The van der Waals surface area contributed by atoms with Gasteiger partial charge in [0.25, 0.3) is 11.5 Å². The number of halogens is 1. The van der Waals surface area contributed by atoms with Crippen LogP contribution >= 0.6 is 0 Å². The molecule has 1 atom stereocenters. The van der Waals surface area contributed by atoms with E-state index in [0.717, 1.165) is 25.1 Å². The van der Waals surface area contributed by atoms with E-state index >= 15 is 0 Å². The molecule has 26 heavy (non-hydrogen) atoms. The highest BCUT2D eigenvalue weighted by molar-refractivity contribution is 5.92. The predicted octanol–water partition coefficient (Wildman–Crippen LogP) is 2.21. The first-order chi connectivity index (χ1) is 12.4. The summed E-state index contributed by atoms with van der Waals surface area (Å²) in [5, 5.41) is 5.06. The maximum Gasteiger partial charge on any atom is 0.271 e. The number of rotatable bonds is 4. The van der Waals surface area contributed by atoms with Crippen molar-refractivity contribution in [2.45, 2.75) is 32.9 Å². The van der Waals surface area contributed by atoms with E-state index in [1.807, 2.05) is 17.0 Å². The van der Waals surface area contributed by atoms with Gasteiger partial charge < -0.3 is 4.90 Å². The molecule has 1 aliphatic rings. The van der Waals surface area contributed by atoms with Crippen LogP contribution < -0.4 is 5.56 Å². The van der Waals surface area contributed by atoms with E-state index in [9.17, 15) is 14.0 Å². The van der Waals surface area contributed by atoms with Crippen LogP contribution in [0.5, 0.6) is 0 Å². The summed E-state index contributed by atoms with van der Waals surface area (Å²) in [6.45, 7) is 7.14. The summed E-state index contributed by atoms with van der Waals surface area (Å²) in [6, 6.07) is 8.08. The second-order valence-electron chi connectivity index (χ2n) is 7.19. The lowest BCUT2D eigenvalue weighted by molar-refractivity contribution is 0.0696. The summed E-state index contributed by atoms with van der Waals surface area (Å²) in [5.74, 6) is -0.0333. The zero-order valence-electron chi connectivity index (χ0n) is 15.2.